The number of carbonyl (C=O) groups excluding carboxylic acids is 2. The third kappa shape index (κ3) is 2.90. The van der Waals surface area contributed by atoms with Gasteiger partial charge in [0.15, 0.2) is 5.78 Å². The van der Waals surface area contributed by atoms with E-state index in [4.69, 9.17) is 9.47 Å². The van der Waals surface area contributed by atoms with Crippen LogP contribution in [0.5, 0.6) is 5.75 Å². The lowest BCUT2D eigenvalue weighted by Crippen LogP contribution is -2.12. The first-order valence-corrected chi connectivity index (χ1v) is 6.75. The first kappa shape index (κ1) is 14.3. The topological polar surface area (TPSA) is 52.6 Å². The van der Waals surface area contributed by atoms with Crippen LogP contribution in [-0.2, 0) is 16.0 Å². The first-order valence-electron chi connectivity index (χ1n) is 6.75. The van der Waals surface area contributed by atoms with Crippen molar-refractivity contribution in [3.05, 3.63) is 34.9 Å². The van der Waals surface area contributed by atoms with Gasteiger partial charge < -0.3 is 9.47 Å². The molecule has 1 aliphatic carbocycles. The van der Waals surface area contributed by atoms with E-state index in [1.165, 1.54) is 6.08 Å². The number of rotatable bonds is 4. The fourth-order valence-electron chi connectivity index (χ4n) is 2.44. The van der Waals surface area contributed by atoms with Gasteiger partial charge in [-0.25, -0.2) is 4.79 Å². The number of benzene rings is 1. The Morgan fingerprint density at radius 3 is 2.85 bits per heavy atom. The van der Waals surface area contributed by atoms with E-state index in [2.05, 4.69) is 0 Å². The van der Waals surface area contributed by atoms with Gasteiger partial charge in [-0.1, -0.05) is 0 Å². The summed E-state index contributed by atoms with van der Waals surface area (Å²) in [6.45, 7) is 2.10. The van der Waals surface area contributed by atoms with Crippen molar-refractivity contribution >= 4 is 17.8 Å². The summed E-state index contributed by atoms with van der Waals surface area (Å²) in [4.78, 5) is 23.4. The van der Waals surface area contributed by atoms with Crippen molar-refractivity contribution in [2.75, 3.05) is 13.7 Å². The zero-order valence-electron chi connectivity index (χ0n) is 11.8. The third-order valence-corrected chi connectivity index (χ3v) is 3.34. The van der Waals surface area contributed by atoms with Gasteiger partial charge in [0.2, 0.25) is 0 Å². The minimum Gasteiger partial charge on any atom is -0.496 e. The van der Waals surface area contributed by atoms with E-state index >= 15 is 0 Å². The van der Waals surface area contributed by atoms with Crippen LogP contribution in [0.25, 0.3) is 6.08 Å². The van der Waals surface area contributed by atoms with Crippen LogP contribution < -0.4 is 4.74 Å². The minimum absolute atomic E-state index is 0.152. The number of hydrogen-bond donors (Lipinski definition) is 0. The van der Waals surface area contributed by atoms with Gasteiger partial charge >= 0.3 is 5.97 Å². The Bertz CT molecular complexity index is 558. The predicted molar refractivity (Wildman–Crippen MR) is 75.9 cm³/mol. The van der Waals surface area contributed by atoms with Crippen molar-refractivity contribution < 1.29 is 19.1 Å². The molecule has 0 amide bonds. The smallest absolute Gasteiger partial charge is 0.330 e. The van der Waals surface area contributed by atoms with E-state index in [1.54, 1.807) is 32.2 Å². The molecule has 0 radical (unpaired) electrons. The Balaban J connectivity index is 2.41. The Morgan fingerprint density at radius 2 is 2.15 bits per heavy atom. The van der Waals surface area contributed by atoms with E-state index in [1.807, 2.05) is 0 Å². The van der Waals surface area contributed by atoms with E-state index in [9.17, 15) is 9.59 Å². The molecule has 0 saturated heterocycles. The van der Waals surface area contributed by atoms with Gasteiger partial charge in [-0.05, 0) is 43.5 Å². The largest absolute Gasteiger partial charge is 0.496 e. The summed E-state index contributed by atoms with van der Waals surface area (Å²) in [5.41, 5.74) is 2.49. The second-order valence-corrected chi connectivity index (χ2v) is 4.57. The summed E-state index contributed by atoms with van der Waals surface area (Å²) in [6.07, 6.45) is 5.29. The quantitative estimate of drug-likeness (QED) is 0.626. The van der Waals surface area contributed by atoms with Crippen LogP contribution in [0.1, 0.15) is 41.3 Å². The highest BCUT2D eigenvalue weighted by Crippen LogP contribution is 2.32. The summed E-state index contributed by atoms with van der Waals surface area (Å²) in [5.74, 6) is 0.424. The zero-order valence-corrected chi connectivity index (χ0v) is 11.8. The molecule has 0 N–H and O–H groups in total. The van der Waals surface area contributed by atoms with Crippen LogP contribution in [0.15, 0.2) is 18.2 Å². The van der Waals surface area contributed by atoms with Gasteiger partial charge in [0.1, 0.15) is 5.75 Å². The predicted octanol–water partition coefficient (Wildman–Crippen LogP) is 2.79. The van der Waals surface area contributed by atoms with Gasteiger partial charge in [-0.2, -0.15) is 0 Å². The van der Waals surface area contributed by atoms with E-state index in [0.717, 1.165) is 29.5 Å². The number of esters is 1. The molecule has 0 fully saturated rings. The molecule has 0 heterocycles. The third-order valence-electron chi connectivity index (χ3n) is 3.34. The summed E-state index contributed by atoms with van der Waals surface area (Å²) in [5, 5.41) is 0. The zero-order chi connectivity index (χ0) is 14.5. The Hall–Kier alpha value is -2.10. The molecule has 4 nitrogen and oxygen atoms in total. The number of ether oxygens (including phenoxy) is 2. The standard InChI is InChI=1S/C16H18O4/c1-3-20-16(18)10-8-13-11-5-4-6-14(17)12(11)7-9-15(13)19-2/h7-10H,3-6H2,1-2H3. The number of fused-ring (bicyclic) bond motifs is 1. The molecule has 0 atom stereocenters. The lowest BCUT2D eigenvalue weighted by atomic mass is 9.86. The van der Waals surface area contributed by atoms with Crippen molar-refractivity contribution in [2.24, 2.45) is 0 Å². The Morgan fingerprint density at radius 1 is 1.35 bits per heavy atom. The van der Waals surface area contributed by atoms with Crippen LogP contribution in [0.3, 0.4) is 0 Å². The van der Waals surface area contributed by atoms with Crippen molar-refractivity contribution in [1.82, 2.24) is 0 Å². The molecule has 0 unspecified atom stereocenters. The lowest BCUT2D eigenvalue weighted by molar-refractivity contribution is -0.137. The van der Waals surface area contributed by atoms with Crippen LogP contribution >= 0.6 is 0 Å². The average Bonchev–Trinajstić information content (AvgIpc) is 2.45. The highest BCUT2D eigenvalue weighted by atomic mass is 16.5. The molecule has 20 heavy (non-hydrogen) atoms. The maximum absolute atomic E-state index is 11.9. The average molecular weight is 274 g/mol. The molecule has 0 bridgehead atoms. The molecule has 0 saturated carbocycles. The van der Waals surface area contributed by atoms with Gasteiger partial charge in [-0.3, -0.25) is 4.79 Å². The van der Waals surface area contributed by atoms with Gasteiger partial charge in [0.25, 0.3) is 0 Å². The van der Waals surface area contributed by atoms with E-state index < -0.39 is 5.97 Å². The van der Waals surface area contributed by atoms with Crippen LogP contribution in [0, 0.1) is 0 Å². The van der Waals surface area contributed by atoms with Crippen LogP contribution in [-0.4, -0.2) is 25.5 Å². The SMILES string of the molecule is CCOC(=O)C=Cc1c(OC)ccc2c1CCCC2=O. The van der Waals surface area contributed by atoms with Crippen molar-refractivity contribution in [3.8, 4) is 5.75 Å². The number of Topliss-reactive ketones (excluding diaryl/α,β-unsaturated/α-hetero) is 1. The molecule has 0 aromatic heterocycles. The van der Waals surface area contributed by atoms with Crippen molar-refractivity contribution in [3.63, 3.8) is 0 Å². The number of methoxy groups -OCH3 is 1. The lowest BCUT2D eigenvalue weighted by Gasteiger charge is -2.19. The number of hydrogen-bond acceptors (Lipinski definition) is 4. The minimum atomic E-state index is -0.394. The summed E-state index contributed by atoms with van der Waals surface area (Å²) in [6, 6.07) is 3.57. The molecule has 1 aliphatic rings. The van der Waals surface area contributed by atoms with Gasteiger partial charge in [0, 0.05) is 23.6 Å². The molecule has 2 rings (SSSR count). The molecule has 0 aliphatic heterocycles. The summed E-state index contributed by atoms with van der Waals surface area (Å²) < 4.78 is 10.2. The van der Waals surface area contributed by atoms with Gasteiger partial charge in [0.05, 0.1) is 13.7 Å². The molecule has 0 spiro atoms. The number of ketones is 1. The number of carbonyl (C=O) groups is 2. The molecule has 1 aromatic rings. The highest BCUT2D eigenvalue weighted by Gasteiger charge is 2.21. The Labute approximate surface area is 118 Å². The van der Waals surface area contributed by atoms with Crippen LogP contribution in [0.4, 0.5) is 0 Å². The second-order valence-electron chi connectivity index (χ2n) is 4.57. The normalized spacial score (nSPS) is 14.2. The molecule has 106 valence electrons. The fraction of sp³-hybridized carbons (Fsp3) is 0.375. The summed E-state index contributed by atoms with van der Waals surface area (Å²) in [7, 11) is 1.58. The molecular weight excluding hydrogens is 256 g/mol. The van der Waals surface area contributed by atoms with Crippen LogP contribution in [0.2, 0.25) is 0 Å². The molecule has 4 heteroatoms. The van der Waals surface area contributed by atoms with Crippen molar-refractivity contribution in [1.29, 1.82) is 0 Å². The first-order chi connectivity index (χ1) is 9.67. The Kier molecular flexibility index (Phi) is 4.56. The fourth-order valence-corrected chi connectivity index (χ4v) is 2.44. The molecular formula is C16H18O4. The highest BCUT2D eigenvalue weighted by molar-refractivity contribution is 6.00. The van der Waals surface area contributed by atoms with E-state index in [0.29, 0.717) is 18.8 Å². The second kappa shape index (κ2) is 6.37. The van der Waals surface area contributed by atoms with Crippen molar-refractivity contribution in [2.45, 2.75) is 26.2 Å². The maximum atomic E-state index is 11.9. The monoisotopic (exact) mass is 274 g/mol. The van der Waals surface area contributed by atoms with Gasteiger partial charge in [-0.15, -0.1) is 0 Å². The molecule has 1 aromatic carbocycles. The summed E-state index contributed by atoms with van der Waals surface area (Å²) >= 11 is 0. The van der Waals surface area contributed by atoms with E-state index in [-0.39, 0.29) is 5.78 Å². The maximum Gasteiger partial charge on any atom is 0.330 e.